The minimum absolute atomic E-state index is 0.182. The number of nitrogens with two attached hydrogens (primary N) is 1. The number of carbonyl (C=O) groups excluding carboxylic acids is 1. The van der Waals surface area contributed by atoms with E-state index < -0.39 is 0 Å². The zero-order valence-corrected chi connectivity index (χ0v) is 14.7. The number of quaternary nitrogens is 1. The van der Waals surface area contributed by atoms with E-state index in [2.05, 4.69) is 10.1 Å². The van der Waals surface area contributed by atoms with Crippen molar-refractivity contribution in [1.82, 2.24) is 0 Å². The van der Waals surface area contributed by atoms with Gasteiger partial charge >= 0.3 is 0 Å². The molecule has 130 valence electrons. The number of phenols is 1. The van der Waals surface area contributed by atoms with Crippen LogP contribution in [0.25, 0.3) is 0 Å². The maximum atomic E-state index is 10.6. The molecule has 6 nitrogen and oxygen atoms in total. The van der Waals surface area contributed by atoms with Crippen LogP contribution in [0.3, 0.4) is 0 Å². The summed E-state index contributed by atoms with van der Waals surface area (Å²) in [6.07, 6.45) is 9.14. The van der Waals surface area contributed by atoms with E-state index in [1.54, 1.807) is 29.7 Å². The van der Waals surface area contributed by atoms with Gasteiger partial charge in [-0.2, -0.15) is 5.43 Å². The van der Waals surface area contributed by atoms with Crippen molar-refractivity contribution in [3.05, 3.63) is 47.6 Å². The first kappa shape index (κ1) is 18.5. The summed E-state index contributed by atoms with van der Waals surface area (Å²) in [5.74, 6) is 0.182. The molecule has 4 N–H and O–H groups in total. The van der Waals surface area contributed by atoms with Gasteiger partial charge in [-0.3, -0.25) is 5.41 Å². The van der Waals surface area contributed by atoms with Crippen LogP contribution < -0.4 is 5.43 Å². The number of aliphatic imine (C=N–C) groups is 1. The highest BCUT2D eigenvalue weighted by atomic mass is 16.3. The van der Waals surface area contributed by atoms with Crippen LogP contribution in [-0.4, -0.2) is 29.2 Å². The third-order valence-corrected chi connectivity index (χ3v) is 3.83. The topological polar surface area (TPSA) is 102 Å². The summed E-state index contributed by atoms with van der Waals surface area (Å²) in [7, 11) is 0. The maximum Gasteiger partial charge on any atom is 0.234 e. The number of rotatable bonds is 5. The van der Waals surface area contributed by atoms with Crippen molar-refractivity contribution in [2.75, 3.05) is 6.54 Å². The van der Waals surface area contributed by atoms with Crippen LogP contribution in [0, 0.1) is 5.41 Å². The average molecular weight is 339 g/mol. The van der Waals surface area contributed by atoms with E-state index >= 15 is 0 Å². The van der Waals surface area contributed by atoms with Crippen LogP contribution in [0.2, 0.25) is 0 Å². The molecule has 0 saturated carbocycles. The van der Waals surface area contributed by atoms with Crippen LogP contribution in [-0.2, 0) is 16.6 Å². The van der Waals surface area contributed by atoms with Gasteiger partial charge in [0.25, 0.3) is 0 Å². The third kappa shape index (κ3) is 4.83. The lowest BCUT2D eigenvalue weighted by atomic mass is 9.84. The van der Waals surface area contributed by atoms with Gasteiger partial charge in [0.2, 0.25) is 6.08 Å². The van der Waals surface area contributed by atoms with Crippen LogP contribution in [0.15, 0.2) is 46.5 Å². The molecule has 1 aliphatic carbocycles. The summed E-state index contributed by atoms with van der Waals surface area (Å²) in [6.45, 7) is 6.42. The van der Waals surface area contributed by atoms with Crippen molar-refractivity contribution < 1.29 is 15.3 Å². The van der Waals surface area contributed by atoms with Gasteiger partial charge in [-0.05, 0) is 29.6 Å². The standard InChI is InChI=1S/C19H22N4O2/c1-19(2,3)14-10-13(8-9-21-12-24)11-17(18(14)25)23-22-16-7-5-4-6-15(16)20/h4-7,10-11,20,23,25H,8-9H2,1-3H3/p+1. The van der Waals surface area contributed by atoms with E-state index in [1.807, 2.05) is 39.0 Å². The predicted molar refractivity (Wildman–Crippen MR) is 98.5 cm³/mol. The molecule has 0 bridgehead atoms. The second-order valence-corrected chi connectivity index (χ2v) is 6.83. The Morgan fingerprint density at radius 3 is 2.60 bits per heavy atom. The van der Waals surface area contributed by atoms with Crippen molar-refractivity contribution in [1.29, 1.82) is 5.41 Å². The molecule has 0 radical (unpaired) electrons. The van der Waals surface area contributed by atoms with Crippen molar-refractivity contribution in [3.8, 4) is 5.75 Å². The molecule has 25 heavy (non-hydrogen) atoms. The summed E-state index contributed by atoms with van der Waals surface area (Å²) in [5.41, 5.74) is 4.54. The summed E-state index contributed by atoms with van der Waals surface area (Å²) in [5, 5.41) is 22.8. The highest BCUT2D eigenvalue weighted by molar-refractivity contribution is 6.49. The molecule has 0 atom stereocenters. The summed E-state index contributed by atoms with van der Waals surface area (Å²) in [6, 6.07) is 3.77. The molecule has 0 saturated heterocycles. The fourth-order valence-electron chi connectivity index (χ4n) is 2.49. The predicted octanol–water partition coefficient (Wildman–Crippen LogP) is 2.26. The van der Waals surface area contributed by atoms with Gasteiger partial charge in [0.15, 0.2) is 11.4 Å². The Morgan fingerprint density at radius 2 is 1.96 bits per heavy atom. The molecule has 0 aliphatic heterocycles. The largest absolute Gasteiger partial charge is 0.502 e. The first-order valence-electron chi connectivity index (χ1n) is 8.07. The molecule has 0 aromatic heterocycles. The van der Waals surface area contributed by atoms with Crippen molar-refractivity contribution in [2.24, 2.45) is 10.1 Å². The summed E-state index contributed by atoms with van der Waals surface area (Å²) < 4.78 is 0. The second-order valence-electron chi connectivity index (χ2n) is 6.83. The zero-order chi connectivity index (χ0) is 18.4. The number of phenolic OH excluding ortho intramolecular Hbond substituents is 1. The number of hydrogen-bond donors (Lipinski definition) is 3. The Bertz CT molecular complexity index is 807. The van der Waals surface area contributed by atoms with E-state index in [0.717, 1.165) is 11.1 Å². The molecule has 6 heteroatoms. The van der Waals surface area contributed by atoms with E-state index in [9.17, 15) is 9.90 Å². The first-order valence-corrected chi connectivity index (χ1v) is 8.07. The van der Waals surface area contributed by atoms with Crippen LogP contribution >= 0.6 is 0 Å². The van der Waals surface area contributed by atoms with E-state index in [1.165, 1.54) is 0 Å². The van der Waals surface area contributed by atoms with Crippen LogP contribution in [0.4, 0.5) is 5.69 Å². The minimum atomic E-state index is -0.246. The molecule has 1 aliphatic rings. The minimum Gasteiger partial charge on any atom is -0.502 e. The third-order valence-electron chi connectivity index (χ3n) is 3.83. The molecule has 1 aromatic rings. The van der Waals surface area contributed by atoms with Gasteiger partial charge in [0, 0.05) is 11.6 Å². The van der Waals surface area contributed by atoms with Gasteiger partial charge in [0.05, 0.1) is 12.3 Å². The van der Waals surface area contributed by atoms with Crippen molar-refractivity contribution in [2.45, 2.75) is 32.6 Å². The lowest BCUT2D eigenvalue weighted by Gasteiger charge is -2.21. The Labute approximate surface area is 147 Å². The van der Waals surface area contributed by atoms with Gasteiger partial charge in [-0.15, -0.1) is 0 Å². The number of isocyanates is 1. The van der Waals surface area contributed by atoms with E-state index in [4.69, 9.17) is 5.41 Å². The number of nitrogens with zero attached hydrogens (tertiary/aromatic N) is 2. The smallest absolute Gasteiger partial charge is 0.234 e. The number of benzene rings is 1. The fraction of sp³-hybridized carbons (Fsp3) is 0.316. The Kier molecular flexibility index (Phi) is 5.80. The van der Waals surface area contributed by atoms with E-state index in [0.29, 0.717) is 30.1 Å². The summed E-state index contributed by atoms with van der Waals surface area (Å²) >= 11 is 0. The van der Waals surface area contributed by atoms with Crippen LogP contribution in [0.5, 0.6) is 5.75 Å². The molecule has 2 rings (SSSR count). The Balaban J connectivity index is 2.37. The lowest BCUT2D eigenvalue weighted by Crippen LogP contribution is -2.72. The maximum absolute atomic E-state index is 10.6. The molecular formula is C19H23N4O2+. The normalized spacial score (nSPS) is 15.5. The number of aromatic hydroxyl groups is 1. The van der Waals surface area contributed by atoms with E-state index in [-0.39, 0.29) is 11.2 Å². The number of allylic oxidation sites excluding steroid dienone is 4. The van der Waals surface area contributed by atoms with Crippen LogP contribution in [0.1, 0.15) is 31.9 Å². The first-order chi connectivity index (χ1) is 11.8. The number of nitrogens with one attached hydrogen (secondary N) is 1. The van der Waals surface area contributed by atoms with Gasteiger partial charge in [0.1, 0.15) is 5.71 Å². The van der Waals surface area contributed by atoms with Gasteiger partial charge < -0.3 is 5.11 Å². The Hall–Kier alpha value is -2.82. The zero-order valence-electron chi connectivity index (χ0n) is 14.7. The lowest BCUT2D eigenvalue weighted by molar-refractivity contribution is -0.577. The summed E-state index contributed by atoms with van der Waals surface area (Å²) in [4.78, 5) is 13.9. The number of hydrogen-bond acceptors (Lipinski definition) is 5. The second kappa shape index (κ2) is 7.83. The quantitative estimate of drug-likeness (QED) is 0.146. The van der Waals surface area contributed by atoms with Crippen molar-refractivity contribution in [3.63, 3.8) is 0 Å². The molecule has 0 spiro atoms. The fourth-order valence-corrected chi connectivity index (χ4v) is 2.49. The average Bonchev–Trinajstić information content (AvgIpc) is 2.55. The molecule has 0 unspecified atom stereocenters. The van der Waals surface area contributed by atoms with Gasteiger partial charge in [-0.1, -0.05) is 44.1 Å². The highest BCUT2D eigenvalue weighted by Crippen LogP contribution is 2.35. The molecule has 1 aromatic carbocycles. The molecule has 0 heterocycles. The SMILES string of the molecule is CC(C)(C)c1cc(CCN=C=O)cc([NH2+]N=C2C=CC=CC2=N)c1O. The monoisotopic (exact) mass is 339 g/mol. The molecule has 0 amide bonds. The van der Waals surface area contributed by atoms with Gasteiger partial charge in [-0.25, -0.2) is 9.79 Å². The highest BCUT2D eigenvalue weighted by Gasteiger charge is 2.23. The van der Waals surface area contributed by atoms with Crippen molar-refractivity contribution >= 4 is 23.2 Å². The Morgan fingerprint density at radius 1 is 1.24 bits per heavy atom. The molecular weight excluding hydrogens is 316 g/mol. The molecule has 0 fully saturated rings.